The molecule has 0 atom stereocenters. The Kier molecular flexibility index (Phi) is 3.69. The molecule has 0 aliphatic rings. The first-order valence-electron chi connectivity index (χ1n) is 6.36. The van der Waals surface area contributed by atoms with Crippen LogP contribution in [-0.2, 0) is 0 Å². The number of benzene rings is 1. The lowest BCUT2D eigenvalue weighted by Gasteiger charge is -2.23. The number of rotatable bonds is 3. The molecule has 0 bridgehead atoms. The van der Waals surface area contributed by atoms with Crippen LogP contribution in [0.2, 0.25) is 0 Å². The van der Waals surface area contributed by atoms with Crippen molar-refractivity contribution in [2.24, 2.45) is 0 Å². The van der Waals surface area contributed by atoms with Crippen LogP contribution in [0.5, 0.6) is 0 Å². The van der Waals surface area contributed by atoms with Gasteiger partial charge in [-0.3, -0.25) is 0 Å². The molecule has 0 unspecified atom stereocenters. The average Bonchev–Trinajstić information content (AvgIpc) is 2.37. The van der Waals surface area contributed by atoms with E-state index in [2.05, 4.69) is 36.1 Å². The van der Waals surface area contributed by atoms with Gasteiger partial charge in [0.25, 0.3) is 0 Å². The summed E-state index contributed by atoms with van der Waals surface area (Å²) in [5.41, 5.74) is 1.05. The molecule has 19 heavy (non-hydrogen) atoms. The standard InChI is InChI=1S/C15H20N4/c1-15(2,3)18-13-10-11-16-14(17-13)19(4)12-8-6-5-7-9-12/h5-11H,1-4H3,(H,16,17,18). The van der Waals surface area contributed by atoms with Crippen LogP contribution in [0.15, 0.2) is 42.6 Å². The van der Waals surface area contributed by atoms with E-state index in [1.807, 2.05) is 48.3 Å². The molecule has 0 amide bonds. The Bertz CT molecular complexity index is 531. The fraction of sp³-hybridized carbons (Fsp3) is 0.333. The Morgan fingerprint density at radius 2 is 1.74 bits per heavy atom. The fourth-order valence-corrected chi connectivity index (χ4v) is 1.73. The molecule has 0 saturated heterocycles. The number of para-hydroxylation sites is 1. The first-order valence-corrected chi connectivity index (χ1v) is 6.36. The average molecular weight is 256 g/mol. The summed E-state index contributed by atoms with van der Waals surface area (Å²) in [6.07, 6.45) is 1.77. The van der Waals surface area contributed by atoms with E-state index in [4.69, 9.17) is 0 Å². The Balaban J connectivity index is 2.24. The lowest BCUT2D eigenvalue weighted by atomic mass is 10.1. The third-order valence-electron chi connectivity index (χ3n) is 2.59. The molecule has 0 radical (unpaired) electrons. The predicted molar refractivity (Wildman–Crippen MR) is 79.9 cm³/mol. The smallest absolute Gasteiger partial charge is 0.231 e. The van der Waals surface area contributed by atoms with Crippen LogP contribution in [0, 0.1) is 0 Å². The van der Waals surface area contributed by atoms with Crippen molar-refractivity contribution in [3.63, 3.8) is 0 Å². The minimum Gasteiger partial charge on any atom is -0.365 e. The summed E-state index contributed by atoms with van der Waals surface area (Å²) in [5.74, 6) is 1.51. The molecule has 0 aliphatic heterocycles. The molecule has 1 N–H and O–H groups in total. The van der Waals surface area contributed by atoms with E-state index in [0.29, 0.717) is 5.95 Å². The maximum atomic E-state index is 4.54. The predicted octanol–water partition coefficient (Wildman–Crippen LogP) is 3.45. The van der Waals surface area contributed by atoms with Crippen molar-refractivity contribution in [1.29, 1.82) is 0 Å². The second kappa shape index (κ2) is 5.26. The highest BCUT2D eigenvalue weighted by molar-refractivity contribution is 5.57. The van der Waals surface area contributed by atoms with Gasteiger partial charge in [-0.1, -0.05) is 18.2 Å². The van der Waals surface area contributed by atoms with Crippen LogP contribution in [0.3, 0.4) is 0 Å². The van der Waals surface area contributed by atoms with Crippen LogP contribution in [0.1, 0.15) is 20.8 Å². The second-order valence-corrected chi connectivity index (χ2v) is 5.51. The van der Waals surface area contributed by atoms with Gasteiger partial charge in [-0.25, -0.2) is 4.98 Å². The van der Waals surface area contributed by atoms with E-state index < -0.39 is 0 Å². The van der Waals surface area contributed by atoms with Crippen molar-refractivity contribution < 1.29 is 0 Å². The van der Waals surface area contributed by atoms with Crippen LogP contribution < -0.4 is 10.2 Å². The third-order valence-corrected chi connectivity index (χ3v) is 2.59. The number of anilines is 3. The van der Waals surface area contributed by atoms with Gasteiger partial charge < -0.3 is 10.2 Å². The van der Waals surface area contributed by atoms with Gasteiger partial charge in [-0.05, 0) is 39.0 Å². The van der Waals surface area contributed by atoms with E-state index in [-0.39, 0.29) is 5.54 Å². The Morgan fingerprint density at radius 3 is 2.37 bits per heavy atom. The molecule has 0 aliphatic carbocycles. The SMILES string of the molecule is CN(c1ccccc1)c1nccc(NC(C)(C)C)n1. The third kappa shape index (κ3) is 3.68. The molecule has 0 fully saturated rings. The van der Waals surface area contributed by atoms with Gasteiger partial charge in [0.15, 0.2) is 0 Å². The lowest BCUT2D eigenvalue weighted by molar-refractivity contribution is 0.630. The van der Waals surface area contributed by atoms with Gasteiger partial charge >= 0.3 is 0 Å². The second-order valence-electron chi connectivity index (χ2n) is 5.51. The highest BCUT2D eigenvalue weighted by atomic mass is 15.2. The van der Waals surface area contributed by atoms with E-state index in [1.165, 1.54) is 0 Å². The highest BCUT2D eigenvalue weighted by Crippen LogP contribution is 2.21. The van der Waals surface area contributed by atoms with Crippen molar-refractivity contribution in [3.05, 3.63) is 42.6 Å². The van der Waals surface area contributed by atoms with Crippen molar-refractivity contribution in [2.45, 2.75) is 26.3 Å². The summed E-state index contributed by atoms with van der Waals surface area (Å²) in [4.78, 5) is 10.8. The molecule has 1 aromatic carbocycles. The fourth-order valence-electron chi connectivity index (χ4n) is 1.73. The Morgan fingerprint density at radius 1 is 1.05 bits per heavy atom. The van der Waals surface area contributed by atoms with Crippen LogP contribution in [-0.4, -0.2) is 22.6 Å². The maximum absolute atomic E-state index is 4.54. The number of hydrogen-bond acceptors (Lipinski definition) is 4. The van der Waals surface area contributed by atoms with Crippen LogP contribution >= 0.6 is 0 Å². The van der Waals surface area contributed by atoms with Gasteiger partial charge in [0.2, 0.25) is 5.95 Å². The van der Waals surface area contributed by atoms with E-state index in [1.54, 1.807) is 6.20 Å². The molecule has 0 spiro atoms. The minimum atomic E-state index is -0.0169. The summed E-state index contributed by atoms with van der Waals surface area (Å²) >= 11 is 0. The number of aromatic nitrogens is 2. The minimum absolute atomic E-state index is 0.0169. The molecular formula is C15H20N4. The van der Waals surface area contributed by atoms with Crippen molar-refractivity contribution >= 4 is 17.5 Å². The topological polar surface area (TPSA) is 41.1 Å². The summed E-state index contributed by atoms with van der Waals surface area (Å²) < 4.78 is 0. The Labute approximate surface area is 114 Å². The van der Waals surface area contributed by atoms with Gasteiger partial charge in [0, 0.05) is 24.5 Å². The van der Waals surface area contributed by atoms with Gasteiger partial charge in [0.1, 0.15) is 5.82 Å². The number of nitrogens with one attached hydrogen (secondary N) is 1. The largest absolute Gasteiger partial charge is 0.365 e. The van der Waals surface area contributed by atoms with Gasteiger partial charge in [-0.15, -0.1) is 0 Å². The first-order chi connectivity index (χ1) is 8.96. The van der Waals surface area contributed by atoms with E-state index in [9.17, 15) is 0 Å². The molecule has 1 aromatic heterocycles. The van der Waals surface area contributed by atoms with Crippen LogP contribution in [0.25, 0.3) is 0 Å². The first kappa shape index (κ1) is 13.3. The molecule has 2 aromatic rings. The molecule has 4 heteroatoms. The quantitative estimate of drug-likeness (QED) is 0.913. The number of hydrogen-bond donors (Lipinski definition) is 1. The monoisotopic (exact) mass is 256 g/mol. The lowest BCUT2D eigenvalue weighted by Crippen LogP contribution is -2.27. The Hall–Kier alpha value is -2.10. The van der Waals surface area contributed by atoms with Gasteiger partial charge in [0.05, 0.1) is 0 Å². The normalized spacial score (nSPS) is 11.2. The summed E-state index contributed by atoms with van der Waals surface area (Å²) in [7, 11) is 1.96. The number of nitrogens with zero attached hydrogens (tertiary/aromatic N) is 3. The zero-order chi connectivity index (χ0) is 13.9. The van der Waals surface area contributed by atoms with Crippen LogP contribution in [0.4, 0.5) is 17.5 Å². The van der Waals surface area contributed by atoms with Crippen molar-refractivity contribution in [3.8, 4) is 0 Å². The zero-order valence-corrected chi connectivity index (χ0v) is 11.9. The molecule has 100 valence electrons. The van der Waals surface area contributed by atoms with E-state index >= 15 is 0 Å². The van der Waals surface area contributed by atoms with E-state index in [0.717, 1.165) is 11.5 Å². The zero-order valence-electron chi connectivity index (χ0n) is 11.9. The molecule has 1 heterocycles. The molecular weight excluding hydrogens is 236 g/mol. The molecule has 4 nitrogen and oxygen atoms in total. The molecule has 2 rings (SSSR count). The maximum Gasteiger partial charge on any atom is 0.231 e. The van der Waals surface area contributed by atoms with Crippen molar-refractivity contribution in [1.82, 2.24) is 9.97 Å². The highest BCUT2D eigenvalue weighted by Gasteiger charge is 2.12. The summed E-state index contributed by atoms with van der Waals surface area (Å²) in [6, 6.07) is 12.0. The summed E-state index contributed by atoms with van der Waals surface area (Å²) in [6.45, 7) is 6.32. The molecule has 0 saturated carbocycles. The van der Waals surface area contributed by atoms with Gasteiger partial charge in [-0.2, -0.15) is 4.98 Å². The summed E-state index contributed by atoms with van der Waals surface area (Å²) in [5, 5.41) is 3.35. The van der Waals surface area contributed by atoms with Crippen molar-refractivity contribution in [2.75, 3.05) is 17.3 Å².